The first-order valence-electron chi connectivity index (χ1n) is 7.05. The van der Waals surface area contributed by atoms with Gasteiger partial charge in [0.15, 0.2) is 5.01 Å². The normalized spacial score (nSPS) is 11.0. The maximum Gasteiger partial charge on any atom is 0.245 e. The number of amides is 2. The maximum atomic E-state index is 11.8. The van der Waals surface area contributed by atoms with Crippen molar-refractivity contribution in [2.24, 2.45) is 11.7 Å². The molecular weight excluding hydrogens is 387 g/mol. The third-order valence-corrected chi connectivity index (χ3v) is 3.86. The molecular formula is C14H20Cl2N6O2S. The molecule has 0 aliphatic heterocycles. The van der Waals surface area contributed by atoms with Gasteiger partial charge in [0.25, 0.3) is 0 Å². The van der Waals surface area contributed by atoms with Crippen molar-refractivity contribution in [2.45, 2.75) is 19.9 Å². The highest BCUT2D eigenvalue weighted by atomic mass is 35.5. The van der Waals surface area contributed by atoms with E-state index in [1.807, 2.05) is 19.9 Å². The van der Waals surface area contributed by atoms with Crippen LogP contribution in [0.3, 0.4) is 0 Å². The van der Waals surface area contributed by atoms with Crippen LogP contribution in [0.15, 0.2) is 24.4 Å². The molecule has 0 bridgehead atoms. The summed E-state index contributed by atoms with van der Waals surface area (Å²) >= 11 is 1.21. The average molecular weight is 407 g/mol. The van der Waals surface area contributed by atoms with E-state index in [1.54, 1.807) is 18.3 Å². The topological polar surface area (TPSA) is 123 Å². The Labute approximate surface area is 161 Å². The zero-order valence-corrected chi connectivity index (χ0v) is 16.1. The number of halogens is 2. The second-order valence-electron chi connectivity index (χ2n) is 5.16. The number of carbonyl (C=O) groups is 2. The maximum absolute atomic E-state index is 11.8. The summed E-state index contributed by atoms with van der Waals surface area (Å²) < 4.78 is 0. The number of hydrogen-bond acceptors (Lipinski definition) is 7. The molecule has 2 aromatic heterocycles. The van der Waals surface area contributed by atoms with Gasteiger partial charge in [-0.05, 0) is 18.1 Å². The van der Waals surface area contributed by atoms with Gasteiger partial charge in [-0.15, -0.1) is 35.0 Å². The first-order valence-corrected chi connectivity index (χ1v) is 7.87. The minimum Gasteiger partial charge on any atom is -0.346 e. The highest BCUT2D eigenvalue weighted by Gasteiger charge is 2.18. The fourth-order valence-electron chi connectivity index (χ4n) is 1.62. The highest BCUT2D eigenvalue weighted by molar-refractivity contribution is 7.18. The van der Waals surface area contributed by atoms with E-state index >= 15 is 0 Å². The summed E-state index contributed by atoms with van der Waals surface area (Å²) in [6.45, 7) is 3.51. The molecule has 0 aliphatic carbocycles. The number of rotatable bonds is 6. The molecule has 8 nitrogen and oxygen atoms in total. The zero-order chi connectivity index (χ0) is 16.8. The van der Waals surface area contributed by atoms with Crippen molar-refractivity contribution in [3.05, 3.63) is 24.4 Å². The van der Waals surface area contributed by atoms with Gasteiger partial charge in [0.05, 0.1) is 12.6 Å². The molecule has 0 aromatic carbocycles. The van der Waals surface area contributed by atoms with Crippen LogP contribution in [-0.4, -0.2) is 39.6 Å². The largest absolute Gasteiger partial charge is 0.346 e. The molecule has 2 rings (SSSR count). The van der Waals surface area contributed by atoms with Gasteiger partial charge < -0.3 is 11.1 Å². The average Bonchev–Trinajstić information content (AvgIpc) is 3.01. The van der Waals surface area contributed by atoms with Crippen LogP contribution in [0, 0.1) is 5.92 Å². The quantitative estimate of drug-likeness (QED) is 0.667. The van der Waals surface area contributed by atoms with Crippen LogP contribution in [0.2, 0.25) is 0 Å². The van der Waals surface area contributed by atoms with Crippen LogP contribution >= 0.6 is 36.2 Å². The van der Waals surface area contributed by atoms with Gasteiger partial charge in [0, 0.05) is 6.20 Å². The smallest absolute Gasteiger partial charge is 0.245 e. The van der Waals surface area contributed by atoms with E-state index in [4.69, 9.17) is 5.73 Å². The monoisotopic (exact) mass is 406 g/mol. The van der Waals surface area contributed by atoms with Crippen molar-refractivity contribution >= 4 is 53.1 Å². The Hall–Kier alpha value is -1.81. The number of nitrogens with one attached hydrogen (secondary N) is 2. The third kappa shape index (κ3) is 6.91. The molecule has 1 atom stereocenters. The number of hydrogen-bond donors (Lipinski definition) is 3. The summed E-state index contributed by atoms with van der Waals surface area (Å²) in [7, 11) is 0. The number of aromatic nitrogens is 3. The van der Waals surface area contributed by atoms with Gasteiger partial charge in [-0.2, -0.15) is 0 Å². The molecule has 2 aromatic rings. The third-order valence-electron chi connectivity index (χ3n) is 3.00. The number of carbonyl (C=O) groups excluding carboxylic acids is 2. The van der Waals surface area contributed by atoms with Gasteiger partial charge in [-0.3, -0.25) is 19.9 Å². The van der Waals surface area contributed by atoms with Crippen molar-refractivity contribution in [1.82, 2.24) is 20.5 Å². The van der Waals surface area contributed by atoms with Crippen LogP contribution in [0.5, 0.6) is 0 Å². The van der Waals surface area contributed by atoms with Gasteiger partial charge in [-0.25, -0.2) is 0 Å². The molecule has 2 heterocycles. The molecule has 0 saturated heterocycles. The minimum atomic E-state index is -0.639. The lowest BCUT2D eigenvalue weighted by molar-refractivity contribution is -0.125. The summed E-state index contributed by atoms with van der Waals surface area (Å²) in [5, 5.41) is 13.9. The molecule has 138 valence electrons. The predicted molar refractivity (Wildman–Crippen MR) is 102 cm³/mol. The van der Waals surface area contributed by atoms with E-state index in [-0.39, 0.29) is 43.2 Å². The van der Waals surface area contributed by atoms with Crippen molar-refractivity contribution in [1.29, 1.82) is 0 Å². The second kappa shape index (κ2) is 10.9. The second-order valence-corrected chi connectivity index (χ2v) is 6.14. The van der Waals surface area contributed by atoms with Crippen molar-refractivity contribution in [3.63, 3.8) is 0 Å². The summed E-state index contributed by atoms with van der Waals surface area (Å²) in [5.41, 5.74) is 6.38. The molecule has 0 saturated carbocycles. The van der Waals surface area contributed by atoms with E-state index in [0.29, 0.717) is 15.8 Å². The lowest BCUT2D eigenvalue weighted by Crippen LogP contribution is -2.46. The molecule has 0 fully saturated rings. The first kappa shape index (κ1) is 23.2. The number of nitrogens with zero attached hydrogens (tertiary/aromatic N) is 3. The molecule has 0 unspecified atom stereocenters. The standard InChI is InChI=1S/C14H18N6O2S.2ClH/c1-8(2)11(15)12(22)17-7-10(21)18-14-20-19-13(23-14)9-5-3-4-6-16-9;;/h3-6,8,11H,7,15H2,1-2H3,(H,17,22)(H,18,20,21);2*1H/t11-;;/m0../s1. The summed E-state index contributed by atoms with van der Waals surface area (Å²) in [4.78, 5) is 27.7. The van der Waals surface area contributed by atoms with Crippen LogP contribution in [0.25, 0.3) is 10.7 Å². The fourth-order valence-corrected chi connectivity index (χ4v) is 2.35. The molecule has 0 radical (unpaired) electrons. The van der Waals surface area contributed by atoms with Gasteiger partial charge in [0.2, 0.25) is 16.9 Å². The summed E-state index contributed by atoms with van der Waals surface area (Å²) in [6, 6.07) is 4.81. The van der Waals surface area contributed by atoms with Gasteiger partial charge in [0.1, 0.15) is 5.69 Å². The lowest BCUT2D eigenvalue weighted by Gasteiger charge is -2.14. The van der Waals surface area contributed by atoms with Gasteiger partial charge in [-0.1, -0.05) is 31.3 Å². The predicted octanol–water partition coefficient (Wildman–Crippen LogP) is 1.48. The summed E-state index contributed by atoms with van der Waals surface area (Å²) in [5.74, 6) is -0.748. The van der Waals surface area contributed by atoms with Crippen LogP contribution in [0.4, 0.5) is 5.13 Å². The van der Waals surface area contributed by atoms with Crippen LogP contribution < -0.4 is 16.4 Å². The fraction of sp³-hybridized carbons (Fsp3) is 0.357. The van der Waals surface area contributed by atoms with E-state index in [0.717, 1.165) is 0 Å². The molecule has 11 heteroatoms. The minimum absolute atomic E-state index is 0. The molecule has 0 aliphatic rings. The van der Waals surface area contributed by atoms with E-state index in [2.05, 4.69) is 25.8 Å². The Morgan fingerprint density at radius 1 is 1.24 bits per heavy atom. The number of pyridine rings is 1. The number of anilines is 1. The van der Waals surface area contributed by atoms with Crippen molar-refractivity contribution in [2.75, 3.05) is 11.9 Å². The van der Waals surface area contributed by atoms with E-state index in [1.165, 1.54) is 11.3 Å². The van der Waals surface area contributed by atoms with Crippen LogP contribution in [-0.2, 0) is 9.59 Å². The zero-order valence-electron chi connectivity index (χ0n) is 13.6. The van der Waals surface area contributed by atoms with E-state index in [9.17, 15) is 9.59 Å². The van der Waals surface area contributed by atoms with Crippen LogP contribution in [0.1, 0.15) is 13.8 Å². The number of nitrogens with two attached hydrogens (primary N) is 1. The summed E-state index contributed by atoms with van der Waals surface area (Å²) in [6.07, 6.45) is 1.66. The SMILES string of the molecule is CC(C)[C@H](N)C(=O)NCC(=O)Nc1nnc(-c2ccccn2)s1.Cl.Cl. The Balaban J connectivity index is 0.00000288. The Kier molecular flexibility index (Phi) is 10.1. The van der Waals surface area contributed by atoms with Crippen molar-refractivity contribution in [3.8, 4) is 10.7 Å². The lowest BCUT2D eigenvalue weighted by atomic mass is 10.1. The molecule has 2 amide bonds. The first-order chi connectivity index (χ1) is 11.0. The molecule has 0 spiro atoms. The molecule has 25 heavy (non-hydrogen) atoms. The Morgan fingerprint density at radius 3 is 2.56 bits per heavy atom. The van der Waals surface area contributed by atoms with E-state index < -0.39 is 11.9 Å². The highest BCUT2D eigenvalue weighted by Crippen LogP contribution is 2.24. The van der Waals surface area contributed by atoms with Gasteiger partial charge >= 0.3 is 0 Å². The molecule has 4 N–H and O–H groups in total. The Bertz CT molecular complexity index is 683. The Morgan fingerprint density at radius 2 is 1.96 bits per heavy atom. The van der Waals surface area contributed by atoms with Crippen molar-refractivity contribution < 1.29 is 9.59 Å².